The van der Waals surface area contributed by atoms with Crippen LogP contribution in [0.3, 0.4) is 0 Å². The quantitative estimate of drug-likeness (QED) is 0.789. The van der Waals surface area contributed by atoms with Crippen LogP contribution in [0.5, 0.6) is 5.75 Å². The summed E-state index contributed by atoms with van der Waals surface area (Å²) in [6, 6.07) is 5.96. The molecule has 1 atom stereocenters. The number of nitrogens with one attached hydrogen (secondary N) is 1. The normalized spacial score (nSPS) is 13.2. The highest BCUT2D eigenvalue weighted by Crippen LogP contribution is 2.20. The highest BCUT2D eigenvalue weighted by molar-refractivity contribution is 5.78. The first-order valence-corrected chi connectivity index (χ1v) is 5.52. The second kappa shape index (κ2) is 5.19. The van der Waals surface area contributed by atoms with Crippen molar-refractivity contribution in [1.82, 2.24) is 5.32 Å². The van der Waals surface area contributed by atoms with Crippen LogP contribution in [-0.4, -0.2) is 23.7 Å². The summed E-state index contributed by atoms with van der Waals surface area (Å²) in [7, 11) is 1.70. The fourth-order valence-corrected chi connectivity index (χ4v) is 1.45. The first-order valence-electron chi connectivity index (χ1n) is 5.52. The van der Waals surface area contributed by atoms with Gasteiger partial charge in [-0.3, -0.25) is 0 Å². The fraction of sp³-hybridized carbons (Fsp3) is 0.462. The Hall–Kier alpha value is -1.55. The number of aromatic hydroxyl groups is 1. The molecule has 2 N–H and O–H groups in total. The molecule has 1 aromatic carbocycles. The van der Waals surface area contributed by atoms with Gasteiger partial charge in [-0.25, -0.2) is 4.79 Å². The number of phenolic OH excluding ortho intramolecular Hbond substituents is 1. The van der Waals surface area contributed by atoms with E-state index in [9.17, 15) is 9.90 Å². The number of esters is 1. The molecule has 0 saturated carbocycles. The Labute approximate surface area is 102 Å². The van der Waals surface area contributed by atoms with E-state index in [0.29, 0.717) is 0 Å². The molecule has 1 unspecified atom stereocenters. The second-order valence-electron chi connectivity index (χ2n) is 4.85. The molecule has 4 nitrogen and oxygen atoms in total. The summed E-state index contributed by atoms with van der Waals surface area (Å²) in [5.41, 5.74) is 0.253. The third-order valence-electron chi connectivity index (χ3n) is 2.16. The van der Waals surface area contributed by atoms with Gasteiger partial charge in [-0.15, -0.1) is 0 Å². The van der Waals surface area contributed by atoms with Gasteiger partial charge in [0.05, 0.1) is 0 Å². The molecule has 1 rings (SSSR count). The lowest BCUT2D eigenvalue weighted by atomic mass is 10.1. The van der Waals surface area contributed by atoms with Crippen molar-refractivity contribution in [1.29, 1.82) is 0 Å². The zero-order chi connectivity index (χ0) is 13.1. The molecule has 0 heterocycles. The number of hydrogen-bond acceptors (Lipinski definition) is 4. The maximum absolute atomic E-state index is 11.9. The second-order valence-corrected chi connectivity index (χ2v) is 4.85. The van der Waals surface area contributed by atoms with Crippen molar-refractivity contribution in [2.75, 3.05) is 7.05 Å². The van der Waals surface area contributed by atoms with Crippen LogP contribution in [0.1, 0.15) is 32.4 Å². The zero-order valence-corrected chi connectivity index (χ0v) is 10.7. The third kappa shape index (κ3) is 4.07. The fourth-order valence-electron chi connectivity index (χ4n) is 1.45. The van der Waals surface area contributed by atoms with Crippen molar-refractivity contribution in [2.24, 2.45) is 0 Å². The molecule has 0 fully saturated rings. The van der Waals surface area contributed by atoms with Gasteiger partial charge in [0.1, 0.15) is 17.4 Å². The summed E-state index contributed by atoms with van der Waals surface area (Å²) in [6.45, 7) is 5.48. The number of benzene rings is 1. The summed E-state index contributed by atoms with van der Waals surface area (Å²) in [5, 5.41) is 12.1. The minimum atomic E-state index is -0.519. The van der Waals surface area contributed by atoms with Crippen LogP contribution in [0.4, 0.5) is 0 Å². The minimum Gasteiger partial charge on any atom is -0.508 e. The highest BCUT2D eigenvalue weighted by atomic mass is 16.6. The van der Waals surface area contributed by atoms with Crippen LogP contribution < -0.4 is 5.32 Å². The number of carbonyl (C=O) groups is 1. The molecule has 0 aliphatic heterocycles. The lowest BCUT2D eigenvalue weighted by molar-refractivity contribution is -0.157. The maximum atomic E-state index is 11.9. The number of hydrogen-bond donors (Lipinski definition) is 2. The van der Waals surface area contributed by atoms with Gasteiger partial charge in [-0.2, -0.15) is 0 Å². The van der Waals surface area contributed by atoms with Gasteiger partial charge in [-0.1, -0.05) is 12.1 Å². The molecule has 0 amide bonds. The molecule has 1 aromatic rings. The van der Waals surface area contributed by atoms with E-state index in [0.717, 1.165) is 5.56 Å². The number of phenols is 1. The maximum Gasteiger partial charge on any atom is 0.328 e. The van der Waals surface area contributed by atoms with Gasteiger partial charge in [-0.05, 0) is 45.5 Å². The molecule has 94 valence electrons. The Morgan fingerprint density at radius 2 is 1.82 bits per heavy atom. The molecule has 0 spiro atoms. The molecule has 17 heavy (non-hydrogen) atoms. The first-order chi connectivity index (χ1) is 7.83. The Bertz CT molecular complexity index is 379. The lowest BCUT2D eigenvalue weighted by Gasteiger charge is -2.23. The van der Waals surface area contributed by atoms with E-state index < -0.39 is 11.6 Å². The average Bonchev–Trinajstić information content (AvgIpc) is 2.19. The number of ether oxygens (including phenoxy) is 1. The van der Waals surface area contributed by atoms with Crippen molar-refractivity contribution in [2.45, 2.75) is 32.4 Å². The number of likely N-dealkylation sites (N-methyl/N-ethyl adjacent to an activating group) is 1. The van der Waals surface area contributed by atoms with E-state index in [1.165, 1.54) is 0 Å². The van der Waals surface area contributed by atoms with Gasteiger partial charge in [0.25, 0.3) is 0 Å². The summed E-state index contributed by atoms with van der Waals surface area (Å²) in [4.78, 5) is 11.9. The largest absolute Gasteiger partial charge is 0.508 e. The van der Waals surface area contributed by atoms with E-state index in [-0.39, 0.29) is 11.7 Å². The predicted octanol–water partition coefficient (Wildman–Crippen LogP) is 1.99. The first kappa shape index (κ1) is 13.5. The molecule has 0 aromatic heterocycles. The van der Waals surface area contributed by atoms with E-state index in [4.69, 9.17) is 4.74 Å². The van der Waals surface area contributed by atoms with Crippen molar-refractivity contribution in [3.05, 3.63) is 29.8 Å². The van der Waals surface area contributed by atoms with Crippen LogP contribution in [0.2, 0.25) is 0 Å². The molecule has 0 bridgehead atoms. The van der Waals surface area contributed by atoms with Crippen LogP contribution >= 0.6 is 0 Å². The monoisotopic (exact) mass is 237 g/mol. The number of rotatable bonds is 3. The van der Waals surface area contributed by atoms with Crippen molar-refractivity contribution >= 4 is 5.97 Å². The lowest BCUT2D eigenvalue weighted by Crippen LogP contribution is -2.33. The van der Waals surface area contributed by atoms with Gasteiger partial charge >= 0.3 is 5.97 Å². The standard InChI is InChI=1S/C13H19NO3/c1-13(2,3)17-12(16)11(14-4)9-5-7-10(15)8-6-9/h5-8,11,14-15H,1-4H3. The molecule has 0 aliphatic rings. The van der Waals surface area contributed by atoms with Crippen LogP contribution in [-0.2, 0) is 9.53 Å². The average molecular weight is 237 g/mol. The van der Waals surface area contributed by atoms with Gasteiger partial charge in [0, 0.05) is 0 Å². The van der Waals surface area contributed by atoms with Gasteiger partial charge < -0.3 is 15.2 Å². The van der Waals surface area contributed by atoms with Gasteiger partial charge in [0.15, 0.2) is 0 Å². The molecule has 0 radical (unpaired) electrons. The third-order valence-corrected chi connectivity index (χ3v) is 2.16. The smallest absolute Gasteiger partial charge is 0.328 e. The van der Waals surface area contributed by atoms with E-state index >= 15 is 0 Å². The SMILES string of the molecule is CNC(C(=O)OC(C)(C)C)c1ccc(O)cc1. The number of carbonyl (C=O) groups excluding carboxylic acids is 1. The van der Waals surface area contributed by atoms with Crippen LogP contribution in [0.25, 0.3) is 0 Å². The Kier molecular flexibility index (Phi) is 4.12. The van der Waals surface area contributed by atoms with E-state index in [1.54, 1.807) is 31.3 Å². The highest BCUT2D eigenvalue weighted by Gasteiger charge is 2.25. The summed E-state index contributed by atoms with van der Waals surface area (Å²) >= 11 is 0. The van der Waals surface area contributed by atoms with Crippen molar-refractivity contribution in [3.8, 4) is 5.75 Å². The van der Waals surface area contributed by atoms with Crippen LogP contribution in [0, 0.1) is 0 Å². The Morgan fingerprint density at radius 3 is 2.24 bits per heavy atom. The van der Waals surface area contributed by atoms with Crippen molar-refractivity contribution < 1.29 is 14.6 Å². The summed E-state index contributed by atoms with van der Waals surface area (Å²) in [6.07, 6.45) is 0. The van der Waals surface area contributed by atoms with E-state index in [2.05, 4.69) is 5.32 Å². The Balaban J connectivity index is 2.84. The summed E-state index contributed by atoms with van der Waals surface area (Å²) in [5.74, 6) is -0.154. The molecular formula is C13H19NO3. The summed E-state index contributed by atoms with van der Waals surface area (Å²) < 4.78 is 5.31. The Morgan fingerprint density at radius 1 is 1.29 bits per heavy atom. The minimum absolute atomic E-state index is 0.174. The van der Waals surface area contributed by atoms with E-state index in [1.807, 2.05) is 20.8 Å². The zero-order valence-electron chi connectivity index (χ0n) is 10.7. The van der Waals surface area contributed by atoms with Crippen LogP contribution in [0.15, 0.2) is 24.3 Å². The molecule has 4 heteroatoms. The molecule has 0 aliphatic carbocycles. The van der Waals surface area contributed by atoms with Crippen molar-refractivity contribution in [3.63, 3.8) is 0 Å². The topological polar surface area (TPSA) is 58.6 Å². The predicted molar refractivity (Wildman–Crippen MR) is 65.8 cm³/mol. The van der Waals surface area contributed by atoms with Gasteiger partial charge in [0.2, 0.25) is 0 Å². The molecular weight excluding hydrogens is 218 g/mol. The molecule has 0 saturated heterocycles.